The fourth-order valence-electron chi connectivity index (χ4n) is 3.49. The Morgan fingerprint density at radius 2 is 1.73 bits per heavy atom. The third kappa shape index (κ3) is 4.09. The highest BCUT2D eigenvalue weighted by Crippen LogP contribution is 2.38. The molecule has 30 heavy (non-hydrogen) atoms. The Morgan fingerprint density at radius 1 is 1.07 bits per heavy atom. The molecular formula is C22H22Cl2N2O3S. The lowest BCUT2D eigenvalue weighted by Gasteiger charge is -2.30. The van der Waals surface area contributed by atoms with Gasteiger partial charge < -0.3 is 9.32 Å². The molecular weight excluding hydrogens is 443 g/mol. The summed E-state index contributed by atoms with van der Waals surface area (Å²) < 4.78 is 32.9. The molecule has 1 saturated heterocycles. The zero-order valence-electron chi connectivity index (χ0n) is 16.7. The summed E-state index contributed by atoms with van der Waals surface area (Å²) in [4.78, 5) is 6.55. The van der Waals surface area contributed by atoms with Crippen molar-refractivity contribution in [1.82, 2.24) is 4.98 Å². The summed E-state index contributed by atoms with van der Waals surface area (Å²) in [5, 5.41) is 0.747. The van der Waals surface area contributed by atoms with Gasteiger partial charge in [0.2, 0.25) is 26.6 Å². The number of hydrogen-bond acceptors (Lipinski definition) is 5. The van der Waals surface area contributed by atoms with Crippen LogP contribution in [0.1, 0.15) is 25.3 Å². The second-order valence-electron chi connectivity index (χ2n) is 7.74. The van der Waals surface area contributed by atoms with Crippen molar-refractivity contribution in [1.29, 1.82) is 0 Å². The molecule has 0 atom stereocenters. The highest BCUT2D eigenvalue weighted by molar-refractivity contribution is 7.91. The molecule has 0 unspecified atom stereocenters. The molecule has 0 radical (unpaired) electrons. The maximum absolute atomic E-state index is 13.5. The quantitative estimate of drug-likeness (QED) is 0.471. The van der Waals surface area contributed by atoms with Crippen LogP contribution < -0.4 is 4.90 Å². The van der Waals surface area contributed by atoms with Crippen LogP contribution in [0.2, 0.25) is 10.0 Å². The third-order valence-electron chi connectivity index (χ3n) is 5.40. The van der Waals surface area contributed by atoms with Gasteiger partial charge >= 0.3 is 0 Å². The molecule has 0 aliphatic carbocycles. The van der Waals surface area contributed by atoms with E-state index in [0.29, 0.717) is 34.6 Å². The Labute approximate surface area is 186 Å². The van der Waals surface area contributed by atoms with E-state index in [-0.39, 0.29) is 21.7 Å². The zero-order valence-corrected chi connectivity index (χ0v) is 19.1. The Morgan fingerprint density at radius 3 is 2.37 bits per heavy atom. The topological polar surface area (TPSA) is 63.4 Å². The van der Waals surface area contributed by atoms with Gasteiger partial charge in [-0.25, -0.2) is 8.42 Å². The first kappa shape index (κ1) is 21.2. The van der Waals surface area contributed by atoms with Crippen LogP contribution in [0.4, 0.5) is 5.88 Å². The number of sulfone groups is 1. The summed E-state index contributed by atoms with van der Waals surface area (Å²) in [6, 6.07) is 11.7. The Kier molecular flexibility index (Phi) is 5.84. The average molecular weight is 465 g/mol. The van der Waals surface area contributed by atoms with Crippen molar-refractivity contribution in [2.45, 2.75) is 36.6 Å². The van der Waals surface area contributed by atoms with Crippen LogP contribution in [0, 0.1) is 12.8 Å². The predicted molar refractivity (Wildman–Crippen MR) is 119 cm³/mol. The zero-order chi connectivity index (χ0) is 21.5. The van der Waals surface area contributed by atoms with Gasteiger partial charge in [0, 0.05) is 18.1 Å². The fraction of sp³-hybridized carbons (Fsp3) is 0.318. The molecule has 4 rings (SSSR count). The summed E-state index contributed by atoms with van der Waals surface area (Å²) in [6.07, 6.45) is 1.92. The normalized spacial score (nSPS) is 15.5. The Balaban J connectivity index is 1.85. The van der Waals surface area contributed by atoms with E-state index >= 15 is 0 Å². The molecule has 158 valence electrons. The average Bonchev–Trinajstić information content (AvgIpc) is 3.15. The highest BCUT2D eigenvalue weighted by Gasteiger charge is 2.33. The van der Waals surface area contributed by atoms with Crippen LogP contribution in [0.25, 0.3) is 11.5 Å². The molecule has 2 heterocycles. The van der Waals surface area contributed by atoms with Crippen LogP contribution in [-0.2, 0) is 9.84 Å². The van der Waals surface area contributed by atoms with Gasteiger partial charge in [-0.15, -0.1) is 0 Å². The number of aromatic nitrogens is 1. The number of anilines is 1. The number of rotatable bonds is 4. The number of oxazole rings is 1. The van der Waals surface area contributed by atoms with Gasteiger partial charge in [0.25, 0.3) is 0 Å². The number of nitrogens with zero attached hydrogens (tertiary/aromatic N) is 2. The molecule has 3 aromatic rings. The summed E-state index contributed by atoms with van der Waals surface area (Å²) in [5.74, 6) is 1.02. The number of halogens is 2. The number of hydrogen-bond donors (Lipinski definition) is 0. The van der Waals surface area contributed by atoms with E-state index in [0.717, 1.165) is 18.4 Å². The summed E-state index contributed by atoms with van der Waals surface area (Å²) >= 11 is 12.3. The molecule has 1 aliphatic heterocycles. The van der Waals surface area contributed by atoms with E-state index in [1.807, 2.05) is 11.8 Å². The summed E-state index contributed by atoms with van der Waals surface area (Å²) in [5.41, 5.74) is 1.48. The predicted octanol–water partition coefficient (Wildman–Crippen LogP) is 6.03. The molecule has 0 spiro atoms. The molecule has 0 bridgehead atoms. The van der Waals surface area contributed by atoms with E-state index in [1.54, 1.807) is 42.5 Å². The minimum Gasteiger partial charge on any atom is -0.419 e. The van der Waals surface area contributed by atoms with E-state index in [2.05, 4.69) is 11.9 Å². The summed E-state index contributed by atoms with van der Waals surface area (Å²) in [7, 11) is -3.87. The highest BCUT2D eigenvalue weighted by atomic mass is 35.5. The number of benzene rings is 2. The lowest BCUT2D eigenvalue weighted by molar-refractivity contribution is 0.416. The second kappa shape index (κ2) is 8.25. The van der Waals surface area contributed by atoms with Crippen LogP contribution in [0.3, 0.4) is 0 Å². The van der Waals surface area contributed by atoms with Crippen LogP contribution >= 0.6 is 23.2 Å². The number of piperidine rings is 1. The van der Waals surface area contributed by atoms with Crippen LogP contribution in [0.15, 0.2) is 56.8 Å². The van der Waals surface area contributed by atoms with Crippen molar-refractivity contribution in [3.05, 3.63) is 58.1 Å². The van der Waals surface area contributed by atoms with Gasteiger partial charge in [0.15, 0.2) is 0 Å². The van der Waals surface area contributed by atoms with Gasteiger partial charge in [-0.05, 0) is 56.0 Å². The van der Waals surface area contributed by atoms with Crippen molar-refractivity contribution in [2.24, 2.45) is 5.92 Å². The van der Waals surface area contributed by atoms with Gasteiger partial charge in [-0.1, -0.05) is 47.8 Å². The third-order valence-corrected chi connectivity index (χ3v) is 7.61. The first-order valence-electron chi connectivity index (χ1n) is 9.78. The molecule has 0 N–H and O–H groups in total. The molecule has 5 nitrogen and oxygen atoms in total. The molecule has 1 fully saturated rings. The largest absolute Gasteiger partial charge is 0.419 e. The van der Waals surface area contributed by atoms with Crippen molar-refractivity contribution in [2.75, 3.05) is 18.0 Å². The van der Waals surface area contributed by atoms with Gasteiger partial charge in [-0.2, -0.15) is 4.98 Å². The Bertz CT molecular complexity index is 1170. The van der Waals surface area contributed by atoms with Crippen molar-refractivity contribution in [3.63, 3.8) is 0 Å². The fourth-order valence-corrected chi connectivity index (χ4v) is 5.30. The molecule has 1 aliphatic rings. The van der Waals surface area contributed by atoms with Gasteiger partial charge in [0.05, 0.1) is 15.5 Å². The van der Waals surface area contributed by atoms with Crippen molar-refractivity contribution < 1.29 is 12.8 Å². The van der Waals surface area contributed by atoms with Crippen molar-refractivity contribution in [3.8, 4) is 11.5 Å². The number of aryl methyl sites for hydroxylation is 1. The minimum absolute atomic E-state index is 0.0816. The molecule has 2 aromatic carbocycles. The van der Waals surface area contributed by atoms with E-state index in [4.69, 9.17) is 27.6 Å². The van der Waals surface area contributed by atoms with Gasteiger partial charge in [-0.3, -0.25) is 0 Å². The lowest BCUT2D eigenvalue weighted by atomic mass is 9.99. The second-order valence-corrected chi connectivity index (χ2v) is 10.4. The standard InChI is InChI=1S/C22H22Cl2N2O3S/c1-14-3-6-17(7-4-14)30(27,28)21-22(26-11-9-15(2)10-12-26)29-20(25-21)18-8-5-16(23)13-19(18)24/h3-8,13,15H,9-12H2,1-2H3. The van der Waals surface area contributed by atoms with E-state index in [9.17, 15) is 8.42 Å². The first-order chi connectivity index (χ1) is 14.3. The monoisotopic (exact) mass is 464 g/mol. The molecule has 0 saturated carbocycles. The van der Waals surface area contributed by atoms with Gasteiger partial charge in [0.1, 0.15) is 0 Å². The van der Waals surface area contributed by atoms with Crippen LogP contribution in [-0.4, -0.2) is 26.5 Å². The van der Waals surface area contributed by atoms with E-state index < -0.39 is 9.84 Å². The molecule has 8 heteroatoms. The smallest absolute Gasteiger partial charge is 0.236 e. The minimum atomic E-state index is -3.87. The Hall–Kier alpha value is -2.02. The SMILES string of the molecule is Cc1ccc(S(=O)(=O)c2nc(-c3ccc(Cl)cc3Cl)oc2N2CCC(C)CC2)cc1. The lowest BCUT2D eigenvalue weighted by Crippen LogP contribution is -2.33. The van der Waals surface area contributed by atoms with Crippen LogP contribution in [0.5, 0.6) is 0 Å². The maximum Gasteiger partial charge on any atom is 0.236 e. The van der Waals surface area contributed by atoms with E-state index in [1.165, 1.54) is 0 Å². The first-order valence-corrected chi connectivity index (χ1v) is 12.0. The van der Waals surface area contributed by atoms with Crippen molar-refractivity contribution >= 4 is 38.9 Å². The maximum atomic E-state index is 13.5. The molecule has 1 aromatic heterocycles. The molecule has 0 amide bonds. The summed E-state index contributed by atoms with van der Waals surface area (Å²) in [6.45, 7) is 5.52.